The predicted octanol–water partition coefficient (Wildman–Crippen LogP) is 6.44. The number of hydrogen-bond acceptors (Lipinski definition) is 2. The van der Waals surface area contributed by atoms with E-state index in [1.54, 1.807) is 12.1 Å². The maximum atomic E-state index is 12.2. The minimum Gasteiger partial charge on any atom is -0.478 e. The van der Waals surface area contributed by atoms with Crippen LogP contribution in [0.15, 0.2) is 77.2 Å². The molecule has 0 fully saturated rings. The largest absolute Gasteiger partial charge is 0.478 e. The first-order valence-corrected chi connectivity index (χ1v) is 12.4. The highest BCUT2D eigenvalue weighted by Crippen LogP contribution is 2.45. The minimum absolute atomic E-state index is 0.314. The molecular weight excluding hydrogens is 434 g/mol. The number of rotatable bonds is 5. The topological polar surface area (TPSA) is 53.5 Å². The van der Waals surface area contributed by atoms with E-state index >= 15 is 0 Å². The third-order valence-electron chi connectivity index (χ3n) is 6.88. The summed E-state index contributed by atoms with van der Waals surface area (Å²) < 4.78 is 8.96. The van der Waals surface area contributed by atoms with Crippen LogP contribution >= 0.6 is 0 Å². The van der Waals surface area contributed by atoms with Crippen LogP contribution < -0.4 is 9.93 Å². The van der Waals surface area contributed by atoms with Crippen molar-refractivity contribution in [2.24, 2.45) is 0 Å². The van der Waals surface area contributed by atoms with Gasteiger partial charge in [-0.1, -0.05) is 48.5 Å². The molecular formula is C31H30NO3+. The molecule has 0 radical (unpaired) electrons. The van der Waals surface area contributed by atoms with Crippen LogP contribution in [0.1, 0.15) is 53.9 Å². The van der Waals surface area contributed by atoms with E-state index in [-0.39, 0.29) is 0 Å². The van der Waals surface area contributed by atoms with Gasteiger partial charge in [0.1, 0.15) is 24.6 Å². The molecule has 0 saturated carbocycles. The smallest absolute Gasteiger partial charge is 0.336 e. The second-order valence-electron chi connectivity index (χ2n) is 8.92. The molecule has 0 unspecified atom stereocenters. The molecule has 176 valence electrons. The molecule has 1 heterocycles. The molecule has 4 nitrogen and oxygen atoms in total. The van der Waals surface area contributed by atoms with Gasteiger partial charge in [-0.15, -0.1) is 0 Å². The summed E-state index contributed by atoms with van der Waals surface area (Å²) in [6, 6.07) is 23.9. The number of carbonyl (C=O) groups is 1. The number of hydrogen-bond donors (Lipinski definition) is 1. The van der Waals surface area contributed by atoms with Crippen LogP contribution in [0.25, 0.3) is 34.1 Å². The number of aromatic carboxylic acids is 1. The van der Waals surface area contributed by atoms with Gasteiger partial charge in [-0.05, 0) is 68.0 Å². The summed E-state index contributed by atoms with van der Waals surface area (Å²) in [4.78, 5) is 12.2. The van der Waals surface area contributed by atoms with Gasteiger partial charge in [-0.3, -0.25) is 0 Å². The molecule has 1 aliphatic heterocycles. The molecule has 4 heteroatoms. The predicted molar refractivity (Wildman–Crippen MR) is 141 cm³/mol. The van der Waals surface area contributed by atoms with E-state index in [1.165, 1.54) is 0 Å². The molecule has 1 N–H and O–H groups in total. The number of carboxylic acids is 1. The van der Waals surface area contributed by atoms with E-state index in [2.05, 4.69) is 54.8 Å². The van der Waals surface area contributed by atoms with Crippen molar-refractivity contribution in [3.8, 4) is 22.5 Å². The third-order valence-corrected chi connectivity index (χ3v) is 6.88. The van der Waals surface area contributed by atoms with Gasteiger partial charge in [0.2, 0.25) is 5.36 Å². The van der Waals surface area contributed by atoms with E-state index in [9.17, 15) is 9.90 Å². The highest BCUT2D eigenvalue weighted by Gasteiger charge is 2.28. The highest BCUT2D eigenvalue weighted by molar-refractivity contribution is 6.00. The van der Waals surface area contributed by atoms with Gasteiger partial charge in [-0.25, -0.2) is 9.37 Å². The zero-order valence-corrected chi connectivity index (χ0v) is 20.3. The van der Waals surface area contributed by atoms with Gasteiger partial charge < -0.3 is 9.52 Å². The summed E-state index contributed by atoms with van der Waals surface area (Å²) in [6.45, 7) is 6.10. The average molecular weight is 465 g/mol. The summed E-state index contributed by atoms with van der Waals surface area (Å²) in [5.74, 6) is 0.739. The Morgan fingerprint density at radius 2 is 1.69 bits per heavy atom. The lowest BCUT2D eigenvalue weighted by molar-refractivity contribution is 0.0697. The molecule has 0 amide bonds. The van der Waals surface area contributed by atoms with E-state index in [4.69, 9.17) is 4.42 Å². The van der Waals surface area contributed by atoms with Crippen LogP contribution in [0.4, 0.5) is 0 Å². The Balaban J connectivity index is 1.87. The van der Waals surface area contributed by atoms with Crippen molar-refractivity contribution in [3.63, 3.8) is 0 Å². The van der Waals surface area contributed by atoms with E-state index in [0.717, 1.165) is 82.6 Å². The minimum atomic E-state index is -0.918. The van der Waals surface area contributed by atoms with Gasteiger partial charge in [-0.2, -0.15) is 0 Å². The zero-order valence-electron chi connectivity index (χ0n) is 20.3. The average Bonchev–Trinajstić information content (AvgIpc) is 2.89. The Bertz CT molecular complexity index is 1450. The fraction of sp³-hybridized carbons (Fsp3) is 0.226. The first kappa shape index (κ1) is 22.9. The standard InChI is InChI=1S/C31H29NO3/c1-3-32(4-2)23-17-18-26-28(20-23)35-30-22(19-21-11-6-5-7-12-21)13-10-16-27(30)29(26)24-14-8-9-15-25(24)31(33)34/h5-9,11-12,14-15,17-20H,3-4,10,13,16H2,1-2H3/p+1/b22-19+. The Labute approximate surface area is 205 Å². The van der Waals surface area contributed by atoms with Gasteiger partial charge in [0.05, 0.1) is 11.6 Å². The maximum Gasteiger partial charge on any atom is 0.336 e. The zero-order chi connectivity index (χ0) is 24.4. The molecule has 0 atom stereocenters. The fourth-order valence-electron chi connectivity index (χ4n) is 5.19. The van der Waals surface area contributed by atoms with Crippen molar-refractivity contribution in [2.75, 3.05) is 13.1 Å². The van der Waals surface area contributed by atoms with Crippen molar-refractivity contribution < 1.29 is 14.3 Å². The van der Waals surface area contributed by atoms with Crippen LogP contribution in [0, 0.1) is 0 Å². The Hall–Kier alpha value is -3.92. The molecule has 0 spiro atoms. The molecule has 35 heavy (non-hydrogen) atoms. The van der Waals surface area contributed by atoms with Crippen molar-refractivity contribution in [3.05, 3.63) is 101 Å². The number of benzene rings is 3. The molecule has 2 aromatic rings. The molecule has 2 aliphatic carbocycles. The fourth-order valence-corrected chi connectivity index (χ4v) is 5.19. The van der Waals surface area contributed by atoms with Crippen LogP contribution in [0.5, 0.6) is 0 Å². The van der Waals surface area contributed by atoms with Crippen LogP contribution in [-0.4, -0.2) is 24.2 Å². The first-order chi connectivity index (χ1) is 17.1. The normalized spacial score (nSPS) is 14.2. The second-order valence-corrected chi connectivity index (χ2v) is 8.92. The molecule has 3 aliphatic rings. The van der Waals surface area contributed by atoms with Gasteiger partial charge in [0.25, 0.3) is 0 Å². The first-order valence-electron chi connectivity index (χ1n) is 12.4. The summed E-state index contributed by atoms with van der Waals surface area (Å²) in [6.07, 6.45) is 4.97. The third kappa shape index (κ3) is 4.32. The van der Waals surface area contributed by atoms with Crippen molar-refractivity contribution in [1.82, 2.24) is 4.58 Å². The van der Waals surface area contributed by atoms with E-state index in [0.29, 0.717) is 5.56 Å². The van der Waals surface area contributed by atoms with Gasteiger partial charge in [0, 0.05) is 22.8 Å². The van der Waals surface area contributed by atoms with Crippen LogP contribution in [-0.2, 0) is 6.42 Å². The van der Waals surface area contributed by atoms with Crippen molar-refractivity contribution in [2.45, 2.75) is 33.1 Å². The molecule has 0 aromatic heterocycles. The number of fused-ring (bicyclic) bond motifs is 2. The Morgan fingerprint density at radius 3 is 2.43 bits per heavy atom. The van der Waals surface area contributed by atoms with Crippen molar-refractivity contribution in [1.29, 1.82) is 0 Å². The molecule has 5 rings (SSSR count). The monoisotopic (exact) mass is 464 g/mol. The number of carboxylic acid groups (broad SMARTS) is 1. The lowest BCUT2D eigenvalue weighted by atomic mass is 9.82. The van der Waals surface area contributed by atoms with Gasteiger partial charge in [0.15, 0.2) is 0 Å². The van der Waals surface area contributed by atoms with E-state index in [1.807, 2.05) is 30.3 Å². The maximum absolute atomic E-state index is 12.2. The highest BCUT2D eigenvalue weighted by atomic mass is 16.4. The van der Waals surface area contributed by atoms with E-state index < -0.39 is 5.97 Å². The quantitative estimate of drug-likeness (QED) is 0.346. The molecule has 0 bridgehead atoms. The van der Waals surface area contributed by atoms with Crippen LogP contribution in [0.3, 0.4) is 0 Å². The summed E-state index contributed by atoms with van der Waals surface area (Å²) in [7, 11) is 0. The Morgan fingerprint density at radius 1 is 0.943 bits per heavy atom. The second kappa shape index (κ2) is 9.75. The summed E-state index contributed by atoms with van der Waals surface area (Å²) >= 11 is 0. The summed E-state index contributed by atoms with van der Waals surface area (Å²) in [5, 5.41) is 11.1. The Kier molecular flexibility index (Phi) is 6.37. The molecule has 2 aromatic carbocycles. The van der Waals surface area contributed by atoms with Gasteiger partial charge >= 0.3 is 5.97 Å². The summed E-state index contributed by atoms with van der Waals surface area (Å²) in [5.41, 5.74) is 6.37. The lowest BCUT2D eigenvalue weighted by Crippen LogP contribution is -2.29. The number of allylic oxidation sites excluding steroid dienone is 1. The van der Waals surface area contributed by atoms with Crippen LogP contribution in [0.2, 0.25) is 0 Å². The molecule has 0 saturated heterocycles. The SMILES string of the molecule is CC[N+](CC)=c1ccc2c(-c3ccccc3C(=O)O)c3c(oc-2c1)/C(=C/c1ccccc1)CCC3. The van der Waals surface area contributed by atoms with Crippen molar-refractivity contribution >= 4 is 17.6 Å². The lowest BCUT2D eigenvalue weighted by Gasteiger charge is -2.25. The number of nitrogens with zero attached hydrogens (tertiary/aromatic N) is 1.